The van der Waals surface area contributed by atoms with Crippen molar-refractivity contribution in [2.24, 2.45) is 4.99 Å². The molecule has 1 aromatic carbocycles. The summed E-state index contributed by atoms with van der Waals surface area (Å²) in [6, 6.07) is 4.80. The van der Waals surface area contributed by atoms with Gasteiger partial charge in [0.25, 0.3) is 0 Å². The number of nitrogens with zero attached hydrogens (tertiary/aromatic N) is 1. The van der Waals surface area contributed by atoms with Gasteiger partial charge in [0.2, 0.25) is 0 Å². The van der Waals surface area contributed by atoms with E-state index in [1.807, 2.05) is 6.07 Å². The first-order chi connectivity index (χ1) is 11.3. The number of hydrogen-bond donors (Lipinski definition) is 1. The van der Waals surface area contributed by atoms with Gasteiger partial charge >= 0.3 is 12.4 Å². The fraction of sp³-hybridized carbons (Fsp3) is 0.312. The van der Waals surface area contributed by atoms with Crippen LogP contribution in [0.5, 0.6) is 0 Å². The highest BCUT2D eigenvalue weighted by Gasteiger charge is 2.36. The molecule has 0 saturated heterocycles. The Labute approximate surface area is 141 Å². The van der Waals surface area contributed by atoms with Crippen LogP contribution in [0.2, 0.25) is 19.6 Å². The lowest BCUT2D eigenvalue weighted by Crippen LogP contribution is -2.38. The second-order valence-corrected chi connectivity index (χ2v) is 11.6. The van der Waals surface area contributed by atoms with Crippen LogP contribution < -0.4 is 5.32 Å². The van der Waals surface area contributed by atoms with Crippen molar-refractivity contribution < 1.29 is 26.3 Å². The molecule has 2 aromatic rings. The molecule has 0 saturated carbocycles. The van der Waals surface area contributed by atoms with Gasteiger partial charge in [0.1, 0.15) is 0 Å². The number of hydrogen-bond acceptors (Lipinski definition) is 1. The molecule has 0 fully saturated rings. The highest BCUT2D eigenvalue weighted by molar-refractivity contribution is 6.88. The summed E-state index contributed by atoms with van der Waals surface area (Å²) in [5, 5.41) is 1.01. The summed E-state index contributed by atoms with van der Waals surface area (Å²) >= 11 is 0. The fourth-order valence-electron chi connectivity index (χ4n) is 2.08. The average Bonchev–Trinajstić information content (AvgIpc) is 2.92. The topological polar surface area (TPSA) is 28.1 Å². The second-order valence-electron chi connectivity index (χ2n) is 6.60. The second kappa shape index (κ2) is 6.36. The number of aromatic nitrogens is 1. The van der Waals surface area contributed by atoms with Crippen LogP contribution in [0.3, 0.4) is 0 Å². The zero-order valence-electron chi connectivity index (χ0n) is 13.7. The van der Waals surface area contributed by atoms with E-state index in [1.165, 1.54) is 6.21 Å². The predicted octanol–water partition coefficient (Wildman–Crippen LogP) is 5.35. The highest BCUT2D eigenvalue weighted by Crippen LogP contribution is 2.38. The van der Waals surface area contributed by atoms with Crippen LogP contribution in [-0.4, -0.2) is 19.3 Å². The Morgan fingerprint density at radius 2 is 1.40 bits per heavy atom. The molecule has 0 unspecified atom stereocenters. The molecule has 1 aromatic heterocycles. The van der Waals surface area contributed by atoms with E-state index in [9.17, 15) is 26.3 Å². The third-order valence-electron chi connectivity index (χ3n) is 3.44. The largest absolute Gasteiger partial charge is 0.416 e. The molecule has 1 heterocycles. The van der Waals surface area contributed by atoms with E-state index < -0.39 is 37.2 Å². The predicted molar refractivity (Wildman–Crippen MR) is 87.5 cm³/mol. The van der Waals surface area contributed by atoms with Gasteiger partial charge in [0.05, 0.1) is 36.8 Å². The number of H-pyrrole nitrogens is 1. The van der Waals surface area contributed by atoms with Gasteiger partial charge in [-0.15, -0.1) is 0 Å². The van der Waals surface area contributed by atoms with Crippen molar-refractivity contribution in [2.45, 2.75) is 32.0 Å². The molecule has 0 aliphatic rings. The molecule has 0 spiro atoms. The number of aromatic amines is 1. The Kier molecular flexibility index (Phi) is 4.91. The van der Waals surface area contributed by atoms with E-state index in [4.69, 9.17) is 0 Å². The minimum Gasteiger partial charge on any atom is -0.362 e. The van der Waals surface area contributed by atoms with Crippen LogP contribution in [0.4, 0.5) is 32.0 Å². The fourth-order valence-corrected chi connectivity index (χ4v) is 3.18. The Morgan fingerprint density at radius 1 is 0.880 bits per heavy atom. The smallest absolute Gasteiger partial charge is 0.362 e. The molecule has 1 N–H and O–H groups in total. The van der Waals surface area contributed by atoms with Crippen molar-refractivity contribution in [3.05, 3.63) is 47.2 Å². The lowest BCUT2D eigenvalue weighted by atomic mass is 10.1. The zero-order valence-corrected chi connectivity index (χ0v) is 14.7. The highest BCUT2D eigenvalue weighted by atomic mass is 28.3. The van der Waals surface area contributed by atoms with Gasteiger partial charge in [-0.05, 0) is 35.6 Å². The number of rotatable bonds is 3. The Balaban J connectivity index is 2.40. The Morgan fingerprint density at radius 3 is 1.80 bits per heavy atom. The maximum absolute atomic E-state index is 12.8. The molecule has 2 nitrogen and oxygen atoms in total. The molecular formula is C16H16F6N2Si. The molecular weight excluding hydrogens is 362 g/mol. The summed E-state index contributed by atoms with van der Waals surface area (Å²) in [7, 11) is -1.60. The monoisotopic (exact) mass is 378 g/mol. The zero-order chi connectivity index (χ0) is 19.0. The molecule has 136 valence electrons. The van der Waals surface area contributed by atoms with E-state index in [0.717, 1.165) is 5.32 Å². The van der Waals surface area contributed by atoms with E-state index >= 15 is 0 Å². The first-order valence-corrected chi connectivity index (χ1v) is 10.8. The molecule has 0 aliphatic heterocycles. The van der Waals surface area contributed by atoms with Gasteiger partial charge in [-0.1, -0.05) is 19.6 Å². The molecule has 2 rings (SSSR count). The van der Waals surface area contributed by atoms with Crippen molar-refractivity contribution in [3.63, 3.8) is 0 Å². The van der Waals surface area contributed by atoms with Gasteiger partial charge in [-0.3, -0.25) is 4.99 Å². The lowest BCUT2D eigenvalue weighted by molar-refractivity contribution is -0.143. The summed E-state index contributed by atoms with van der Waals surface area (Å²) in [5.74, 6) is 0. The standard InChI is InChI=1S/C16H16F6N2Si/c1-25(2,3)14-5-4-12(24-14)9-23-13-7-10(15(17,18)19)6-11(8-13)16(20,21)22/h4-9,24H,1-3H3. The van der Waals surface area contributed by atoms with Crippen LogP contribution in [0.1, 0.15) is 16.8 Å². The number of nitrogens with one attached hydrogen (secondary N) is 1. The summed E-state index contributed by atoms with van der Waals surface area (Å²) < 4.78 is 76.9. The third kappa shape index (κ3) is 4.97. The van der Waals surface area contributed by atoms with E-state index in [2.05, 4.69) is 29.6 Å². The number of alkyl halides is 6. The summed E-state index contributed by atoms with van der Waals surface area (Å²) in [5.41, 5.74) is -2.66. The minimum absolute atomic E-state index is 0.0803. The van der Waals surface area contributed by atoms with E-state index in [-0.39, 0.29) is 6.07 Å². The molecule has 0 atom stereocenters. The van der Waals surface area contributed by atoms with Crippen LogP contribution in [0.25, 0.3) is 0 Å². The average molecular weight is 378 g/mol. The number of halogens is 6. The van der Waals surface area contributed by atoms with Crippen LogP contribution in [-0.2, 0) is 12.4 Å². The van der Waals surface area contributed by atoms with Crippen molar-refractivity contribution in [1.29, 1.82) is 0 Å². The Bertz CT molecular complexity index is 749. The SMILES string of the molecule is C[Si](C)(C)c1ccc(C=Nc2cc(C(F)(F)F)cc(C(F)(F)F)c2)[nH]1. The maximum atomic E-state index is 12.8. The van der Waals surface area contributed by atoms with Crippen molar-refractivity contribution in [2.75, 3.05) is 0 Å². The molecule has 9 heteroatoms. The minimum atomic E-state index is -4.89. The Hall–Kier alpha value is -2.03. The van der Waals surface area contributed by atoms with Gasteiger partial charge in [-0.2, -0.15) is 26.3 Å². The number of aliphatic imine (C=N–C) groups is 1. The van der Waals surface area contributed by atoms with Crippen LogP contribution in [0, 0.1) is 0 Å². The summed E-state index contributed by atoms with van der Waals surface area (Å²) in [6.07, 6.45) is -8.55. The molecule has 0 radical (unpaired) electrons. The third-order valence-corrected chi connectivity index (χ3v) is 5.35. The van der Waals surface area contributed by atoms with Crippen molar-refractivity contribution >= 4 is 25.3 Å². The van der Waals surface area contributed by atoms with Crippen molar-refractivity contribution in [3.8, 4) is 0 Å². The van der Waals surface area contributed by atoms with Gasteiger partial charge in [-0.25, -0.2) is 0 Å². The summed E-state index contributed by atoms with van der Waals surface area (Å²) in [6.45, 7) is 6.30. The molecule has 25 heavy (non-hydrogen) atoms. The maximum Gasteiger partial charge on any atom is 0.416 e. The molecule has 0 amide bonds. The normalized spacial score (nSPS) is 13.6. The lowest BCUT2D eigenvalue weighted by Gasteiger charge is -2.13. The first-order valence-electron chi connectivity index (χ1n) is 7.30. The van der Waals surface area contributed by atoms with Gasteiger partial charge < -0.3 is 4.98 Å². The summed E-state index contributed by atoms with van der Waals surface area (Å²) in [4.78, 5) is 6.86. The van der Waals surface area contributed by atoms with Crippen molar-refractivity contribution in [1.82, 2.24) is 4.98 Å². The van der Waals surface area contributed by atoms with Crippen LogP contribution >= 0.6 is 0 Å². The van der Waals surface area contributed by atoms with E-state index in [1.54, 1.807) is 6.07 Å². The number of benzene rings is 1. The molecule has 0 bridgehead atoms. The van der Waals surface area contributed by atoms with Crippen LogP contribution in [0.15, 0.2) is 35.3 Å². The van der Waals surface area contributed by atoms with E-state index in [0.29, 0.717) is 17.8 Å². The first kappa shape index (κ1) is 19.3. The molecule has 0 aliphatic carbocycles. The van der Waals surface area contributed by atoms with Gasteiger partial charge in [0.15, 0.2) is 0 Å². The van der Waals surface area contributed by atoms with Gasteiger partial charge in [0, 0.05) is 0 Å². The quantitative estimate of drug-likeness (QED) is 0.424.